The molecule has 0 aromatic rings. The zero-order valence-corrected chi connectivity index (χ0v) is 11.9. The van der Waals surface area contributed by atoms with E-state index in [0.717, 1.165) is 44.0 Å². The Morgan fingerprint density at radius 3 is 2.58 bits per heavy atom. The predicted octanol–water partition coefficient (Wildman–Crippen LogP) is 2.05. The molecule has 3 rings (SSSR count). The van der Waals surface area contributed by atoms with Crippen molar-refractivity contribution in [3.05, 3.63) is 0 Å². The van der Waals surface area contributed by atoms with Crippen molar-refractivity contribution in [2.45, 2.75) is 50.5 Å². The molecule has 1 spiro atoms. The Hall–Kier alpha value is -0.590. The Balaban J connectivity index is 1.72. The molecule has 2 fully saturated rings. The highest BCUT2D eigenvalue weighted by Gasteiger charge is 2.46. The smallest absolute Gasteiger partial charge is 0.253 e. The Bertz CT molecular complexity index is 385. The third kappa shape index (κ3) is 2.53. The van der Waals surface area contributed by atoms with Gasteiger partial charge in [0.25, 0.3) is 5.91 Å². The number of nitrogens with zero attached hydrogens (tertiary/aromatic N) is 2. The molecule has 0 aromatic heterocycles. The highest BCUT2D eigenvalue weighted by molar-refractivity contribution is 7.91. The summed E-state index contributed by atoms with van der Waals surface area (Å²) in [4.78, 5) is 17.1. The van der Waals surface area contributed by atoms with Gasteiger partial charge in [-0.05, 0) is 25.7 Å². The van der Waals surface area contributed by atoms with Gasteiger partial charge in [-0.2, -0.15) is 0 Å². The maximum atomic E-state index is 12.3. The van der Waals surface area contributed by atoms with Crippen LogP contribution in [0.5, 0.6) is 0 Å². The van der Waals surface area contributed by atoms with Crippen molar-refractivity contribution >= 4 is 24.0 Å². The second kappa shape index (κ2) is 5.42. The first-order valence-electron chi connectivity index (χ1n) is 7.21. The number of hydrogen-bond acceptors (Lipinski definition) is 5. The Labute approximate surface area is 118 Å². The summed E-state index contributed by atoms with van der Waals surface area (Å²) in [6.45, 7) is 1.44. The Kier molecular flexibility index (Phi) is 3.82. The van der Waals surface area contributed by atoms with Crippen LogP contribution in [0.1, 0.15) is 44.9 Å². The van der Waals surface area contributed by atoms with Gasteiger partial charge in [0.1, 0.15) is 11.4 Å². The average Bonchev–Trinajstić information content (AvgIpc) is 2.78. The summed E-state index contributed by atoms with van der Waals surface area (Å²) in [5, 5.41) is 3.04. The summed E-state index contributed by atoms with van der Waals surface area (Å²) in [5.74, 6) is 1.48. The first kappa shape index (κ1) is 13.4. The standard InChI is InChI=1S/C13H21N3O2S/c17-12-13(6-8-16(19-18)9-7-13)15-11(14-12)10-4-2-1-3-5-10/h10,18H,1-9H2,(H,14,15,17). The van der Waals surface area contributed by atoms with Gasteiger partial charge in [-0.15, -0.1) is 0 Å². The Morgan fingerprint density at radius 1 is 1.26 bits per heavy atom. The topological polar surface area (TPSA) is 64.9 Å². The van der Waals surface area contributed by atoms with Crippen molar-refractivity contribution in [2.75, 3.05) is 13.1 Å². The number of carbonyl (C=O) groups is 1. The predicted molar refractivity (Wildman–Crippen MR) is 75.9 cm³/mol. The minimum Gasteiger partial charge on any atom is -0.317 e. The average molecular weight is 283 g/mol. The number of amides is 1. The lowest BCUT2D eigenvalue weighted by molar-refractivity contribution is -0.124. The van der Waals surface area contributed by atoms with Gasteiger partial charge in [0.15, 0.2) is 0 Å². The number of nitrogens with one attached hydrogen (secondary N) is 1. The van der Waals surface area contributed by atoms with Crippen LogP contribution in [-0.2, 0) is 4.79 Å². The van der Waals surface area contributed by atoms with Gasteiger partial charge >= 0.3 is 0 Å². The van der Waals surface area contributed by atoms with E-state index in [9.17, 15) is 4.79 Å². The van der Waals surface area contributed by atoms with Gasteiger partial charge in [0.05, 0.1) is 12.2 Å². The van der Waals surface area contributed by atoms with Crippen molar-refractivity contribution in [1.82, 2.24) is 9.62 Å². The van der Waals surface area contributed by atoms with E-state index in [1.807, 2.05) is 4.31 Å². The van der Waals surface area contributed by atoms with Crippen LogP contribution in [0, 0.1) is 5.92 Å². The quantitative estimate of drug-likeness (QED) is 0.601. The first-order chi connectivity index (χ1) is 9.23. The fourth-order valence-electron chi connectivity index (χ4n) is 3.39. The van der Waals surface area contributed by atoms with Gasteiger partial charge in [-0.3, -0.25) is 9.79 Å². The molecule has 1 saturated carbocycles. The molecule has 3 aliphatic rings. The second-order valence-electron chi connectivity index (χ2n) is 5.83. The monoisotopic (exact) mass is 283 g/mol. The van der Waals surface area contributed by atoms with Gasteiger partial charge in [-0.25, -0.2) is 4.31 Å². The molecule has 1 amide bonds. The lowest BCUT2D eigenvalue weighted by Gasteiger charge is -2.33. The molecule has 2 N–H and O–H groups in total. The molecule has 5 nitrogen and oxygen atoms in total. The van der Waals surface area contributed by atoms with Crippen LogP contribution < -0.4 is 5.32 Å². The fraction of sp³-hybridized carbons (Fsp3) is 0.846. The van der Waals surface area contributed by atoms with Crippen molar-refractivity contribution in [3.8, 4) is 0 Å². The van der Waals surface area contributed by atoms with Crippen molar-refractivity contribution in [3.63, 3.8) is 0 Å². The van der Waals surface area contributed by atoms with Crippen LogP contribution in [0.2, 0.25) is 0 Å². The second-order valence-corrected chi connectivity index (χ2v) is 6.51. The van der Waals surface area contributed by atoms with Gasteiger partial charge < -0.3 is 9.87 Å². The lowest BCUT2D eigenvalue weighted by atomic mass is 9.88. The van der Waals surface area contributed by atoms with E-state index in [0.29, 0.717) is 18.8 Å². The van der Waals surface area contributed by atoms with Crippen LogP contribution in [0.25, 0.3) is 0 Å². The molecule has 19 heavy (non-hydrogen) atoms. The lowest BCUT2D eigenvalue weighted by Crippen LogP contribution is -2.47. The van der Waals surface area contributed by atoms with Gasteiger partial charge in [0, 0.05) is 19.0 Å². The normalized spacial score (nSPS) is 28.5. The van der Waals surface area contributed by atoms with Crippen LogP contribution in [0.4, 0.5) is 0 Å². The van der Waals surface area contributed by atoms with E-state index >= 15 is 0 Å². The largest absolute Gasteiger partial charge is 0.317 e. The summed E-state index contributed by atoms with van der Waals surface area (Å²) in [6, 6.07) is 0. The van der Waals surface area contributed by atoms with Crippen molar-refractivity contribution in [2.24, 2.45) is 10.9 Å². The van der Waals surface area contributed by atoms with Crippen LogP contribution in [0.3, 0.4) is 0 Å². The first-order valence-corrected chi connectivity index (χ1v) is 7.94. The third-order valence-corrected chi connectivity index (χ3v) is 5.25. The molecule has 0 aromatic carbocycles. The summed E-state index contributed by atoms with van der Waals surface area (Å²) in [5.41, 5.74) is -0.543. The van der Waals surface area contributed by atoms with Crippen LogP contribution in [-0.4, -0.2) is 39.2 Å². The minimum atomic E-state index is -0.543. The molecular formula is C13H21N3O2S. The summed E-state index contributed by atoms with van der Waals surface area (Å²) in [6.07, 6.45) is 7.56. The molecule has 1 aliphatic carbocycles. The number of rotatable bonds is 2. The zero-order valence-electron chi connectivity index (χ0n) is 11.1. The van der Waals surface area contributed by atoms with Crippen molar-refractivity contribution in [1.29, 1.82) is 0 Å². The SMILES string of the molecule is O=C1NC(C2CCCCC2)=NC12CCN(SO)CC2. The van der Waals surface area contributed by atoms with E-state index in [1.165, 1.54) is 19.3 Å². The molecule has 106 valence electrons. The third-order valence-electron chi connectivity index (χ3n) is 4.66. The van der Waals surface area contributed by atoms with E-state index in [4.69, 9.17) is 9.55 Å². The molecule has 1 saturated heterocycles. The molecular weight excluding hydrogens is 262 g/mol. The summed E-state index contributed by atoms with van der Waals surface area (Å²) >= 11 is 0.771. The van der Waals surface area contributed by atoms with E-state index < -0.39 is 5.54 Å². The van der Waals surface area contributed by atoms with E-state index in [2.05, 4.69) is 5.32 Å². The molecule has 6 heteroatoms. The molecule has 0 radical (unpaired) electrons. The molecule has 2 heterocycles. The van der Waals surface area contributed by atoms with Crippen LogP contribution >= 0.6 is 12.2 Å². The fourth-order valence-corrected chi connectivity index (χ4v) is 3.73. The van der Waals surface area contributed by atoms with Gasteiger partial charge in [-0.1, -0.05) is 19.3 Å². The maximum absolute atomic E-state index is 12.3. The highest BCUT2D eigenvalue weighted by atomic mass is 32.2. The van der Waals surface area contributed by atoms with Crippen LogP contribution in [0.15, 0.2) is 4.99 Å². The van der Waals surface area contributed by atoms with E-state index in [-0.39, 0.29) is 5.91 Å². The number of amidine groups is 1. The molecule has 0 atom stereocenters. The molecule has 2 aliphatic heterocycles. The molecule has 0 bridgehead atoms. The molecule has 0 unspecified atom stereocenters. The van der Waals surface area contributed by atoms with E-state index in [1.54, 1.807) is 0 Å². The number of hydrogen-bond donors (Lipinski definition) is 2. The highest BCUT2D eigenvalue weighted by Crippen LogP contribution is 2.34. The summed E-state index contributed by atoms with van der Waals surface area (Å²) in [7, 11) is 0. The van der Waals surface area contributed by atoms with Crippen molar-refractivity contribution < 1.29 is 9.35 Å². The maximum Gasteiger partial charge on any atom is 0.253 e. The summed E-state index contributed by atoms with van der Waals surface area (Å²) < 4.78 is 10.9. The van der Waals surface area contributed by atoms with Gasteiger partial charge in [0.2, 0.25) is 0 Å². The Morgan fingerprint density at radius 2 is 1.95 bits per heavy atom. The number of piperidine rings is 1. The number of aliphatic imine (C=N–C) groups is 1. The zero-order chi connectivity index (χ0) is 13.3. The minimum absolute atomic E-state index is 0.0793. The number of carbonyl (C=O) groups excluding carboxylic acids is 1.